The molecule has 0 aliphatic rings. The van der Waals surface area contributed by atoms with Gasteiger partial charge in [0.25, 0.3) is 0 Å². The van der Waals surface area contributed by atoms with Crippen molar-refractivity contribution in [1.29, 1.82) is 0 Å². The molecule has 0 aliphatic carbocycles. The molecule has 30 heavy (non-hydrogen) atoms. The van der Waals surface area contributed by atoms with Crippen molar-refractivity contribution in [1.82, 2.24) is 4.98 Å². The van der Waals surface area contributed by atoms with Crippen LogP contribution in [0, 0.1) is 6.92 Å². The zero-order valence-corrected chi connectivity index (χ0v) is 17.9. The predicted octanol–water partition coefficient (Wildman–Crippen LogP) is 7.82. The first-order chi connectivity index (χ1) is 14.7. The molecule has 3 nitrogen and oxygen atoms in total. The maximum atomic E-state index is 5.91. The second kappa shape index (κ2) is 9.62. The summed E-state index contributed by atoms with van der Waals surface area (Å²) in [5.41, 5.74) is 6.22. The lowest BCUT2D eigenvalue weighted by Gasteiger charge is -2.08. The van der Waals surface area contributed by atoms with E-state index >= 15 is 0 Å². The Morgan fingerprint density at radius 1 is 0.767 bits per heavy atom. The number of nitrogens with zero attached hydrogens (tertiary/aromatic N) is 1. The van der Waals surface area contributed by atoms with Crippen LogP contribution in [0.25, 0.3) is 33.7 Å². The van der Waals surface area contributed by atoms with Crippen LogP contribution in [0.15, 0.2) is 71.1 Å². The molecule has 154 valence electrons. The third kappa shape index (κ3) is 4.91. The van der Waals surface area contributed by atoms with E-state index in [0.717, 1.165) is 41.0 Å². The van der Waals surface area contributed by atoms with Gasteiger partial charge in [-0.05, 0) is 66.4 Å². The van der Waals surface area contributed by atoms with Crippen molar-refractivity contribution in [3.8, 4) is 28.3 Å². The molecule has 1 aromatic heterocycles. The second-order valence-electron chi connectivity index (χ2n) is 7.85. The number of hydrogen-bond donors (Lipinski definition) is 0. The van der Waals surface area contributed by atoms with Crippen molar-refractivity contribution in [2.24, 2.45) is 0 Å². The Morgan fingerprint density at radius 2 is 1.43 bits per heavy atom. The van der Waals surface area contributed by atoms with E-state index in [1.807, 2.05) is 18.2 Å². The number of ether oxygens (including phenoxy) is 1. The lowest BCUT2D eigenvalue weighted by atomic mass is 10.0. The molecule has 0 atom stereocenters. The summed E-state index contributed by atoms with van der Waals surface area (Å²) in [5.74, 6) is 1.59. The molecule has 4 rings (SSSR count). The number of rotatable bonds is 9. The van der Waals surface area contributed by atoms with Crippen molar-refractivity contribution >= 4 is 11.1 Å². The van der Waals surface area contributed by atoms with Crippen LogP contribution in [-0.4, -0.2) is 11.6 Å². The fourth-order valence-corrected chi connectivity index (χ4v) is 3.61. The maximum absolute atomic E-state index is 5.91. The Morgan fingerprint density at radius 3 is 2.17 bits per heavy atom. The van der Waals surface area contributed by atoms with E-state index in [1.54, 1.807) is 0 Å². The molecule has 0 aliphatic heterocycles. The molecule has 0 fully saturated rings. The van der Waals surface area contributed by atoms with Crippen LogP contribution in [0.5, 0.6) is 5.75 Å². The molecular weight excluding hydrogens is 370 g/mol. The summed E-state index contributed by atoms with van der Waals surface area (Å²) in [6.45, 7) is 5.09. The summed E-state index contributed by atoms with van der Waals surface area (Å²) in [7, 11) is 0. The summed E-state index contributed by atoms with van der Waals surface area (Å²) < 4.78 is 11.8. The van der Waals surface area contributed by atoms with Gasteiger partial charge in [0.15, 0.2) is 5.58 Å². The van der Waals surface area contributed by atoms with Crippen LogP contribution in [0.1, 0.15) is 44.6 Å². The normalized spacial score (nSPS) is 11.1. The molecule has 0 amide bonds. The molecule has 4 aromatic rings. The van der Waals surface area contributed by atoms with Gasteiger partial charge in [-0.2, -0.15) is 0 Å². The van der Waals surface area contributed by atoms with Gasteiger partial charge in [0.2, 0.25) is 5.89 Å². The fourth-order valence-electron chi connectivity index (χ4n) is 3.61. The quantitative estimate of drug-likeness (QED) is 0.269. The minimum Gasteiger partial charge on any atom is -0.494 e. The first kappa shape index (κ1) is 20.2. The van der Waals surface area contributed by atoms with Gasteiger partial charge in [0.05, 0.1) is 6.61 Å². The van der Waals surface area contributed by atoms with Crippen molar-refractivity contribution in [2.45, 2.75) is 46.0 Å². The van der Waals surface area contributed by atoms with Crippen LogP contribution in [-0.2, 0) is 0 Å². The molecule has 3 heteroatoms. The molecule has 0 saturated carbocycles. The van der Waals surface area contributed by atoms with E-state index < -0.39 is 0 Å². The Bertz CT molecular complexity index is 1080. The Balaban J connectivity index is 1.38. The van der Waals surface area contributed by atoms with Crippen LogP contribution in [0.4, 0.5) is 0 Å². The SMILES string of the molecule is CCCCCCCOc1ccc(-c2ccc(-c3nc4cc(C)ccc4o3)cc2)cc1. The van der Waals surface area contributed by atoms with Gasteiger partial charge in [-0.3, -0.25) is 0 Å². The molecule has 0 radical (unpaired) electrons. The molecule has 0 spiro atoms. The van der Waals surface area contributed by atoms with Gasteiger partial charge < -0.3 is 9.15 Å². The first-order valence-electron chi connectivity index (χ1n) is 10.9. The highest BCUT2D eigenvalue weighted by atomic mass is 16.5. The van der Waals surface area contributed by atoms with E-state index in [-0.39, 0.29) is 0 Å². The summed E-state index contributed by atoms with van der Waals surface area (Å²) in [6, 6.07) is 22.7. The molecule has 3 aromatic carbocycles. The summed E-state index contributed by atoms with van der Waals surface area (Å²) >= 11 is 0. The molecular formula is C27H29NO2. The third-order valence-electron chi connectivity index (χ3n) is 5.38. The van der Waals surface area contributed by atoms with Gasteiger partial charge in [-0.1, -0.05) is 62.9 Å². The minimum absolute atomic E-state index is 0.657. The highest BCUT2D eigenvalue weighted by Crippen LogP contribution is 2.28. The number of oxazole rings is 1. The fraction of sp³-hybridized carbons (Fsp3) is 0.296. The van der Waals surface area contributed by atoms with E-state index in [0.29, 0.717) is 5.89 Å². The van der Waals surface area contributed by atoms with Crippen molar-refractivity contribution < 1.29 is 9.15 Å². The van der Waals surface area contributed by atoms with Crippen molar-refractivity contribution in [2.75, 3.05) is 6.61 Å². The van der Waals surface area contributed by atoms with Crippen LogP contribution < -0.4 is 4.74 Å². The lowest BCUT2D eigenvalue weighted by Crippen LogP contribution is -1.97. The standard InChI is InChI=1S/C27H29NO2/c1-3-4-5-6-7-18-29-24-15-13-22(14-16-24)21-9-11-23(12-10-21)27-28-25-19-20(2)8-17-26(25)30-27/h8-17,19H,3-7,18H2,1-2H3. The summed E-state index contributed by atoms with van der Waals surface area (Å²) in [4.78, 5) is 4.63. The molecule has 0 saturated heterocycles. The maximum Gasteiger partial charge on any atom is 0.227 e. The topological polar surface area (TPSA) is 35.3 Å². The highest BCUT2D eigenvalue weighted by Gasteiger charge is 2.09. The zero-order chi connectivity index (χ0) is 20.8. The van der Waals surface area contributed by atoms with Crippen molar-refractivity contribution in [3.63, 3.8) is 0 Å². The van der Waals surface area contributed by atoms with Crippen LogP contribution >= 0.6 is 0 Å². The van der Waals surface area contributed by atoms with Crippen LogP contribution in [0.2, 0.25) is 0 Å². The number of fused-ring (bicyclic) bond motifs is 1. The number of hydrogen-bond acceptors (Lipinski definition) is 3. The molecule has 0 N–H and O–H groups in total. The third-order valence-corrected chi connectivity index (χ3v) is 5.38. The van der Waals surface area contributed by atoms with Crippen LogP contribution in [0.3, 0.4) is 0 Å². The van der Waals surface area contributed by atoms with Crippen molar-refractivity contribution in [3.05, 3.63) is 72.3 Å². The minimum atomic E-state index is 0.657. The monoisotopic (exact) mass is 399 g/mol. The average molecular weight is 400 g/mol. The number of aromatic nitrogens is 1. The van der Waals surface area contributed by atoms with Gasteiger partial charge in [-0.15, -0.1) is 0 Å². The smallest absolute Gasteiger partial charge is 0.227 e. The first-order valence-corrected chi connectivity index (χ1v) is 10.9. The Hall–Kier alpha value is -3.07. The number of unbranched alkanes of at least 4 members (excludes halogenated alkanes) is 4. The number of aryl methyl sites for hydroxylation is 1. The zero-order valence-electron chi connectivity index (χ0n) is 17.9. The molecule has 0 unspecified atom stereocenters. The number of benzene rings is 3. The van der Waals surface area contributed by atoms with Gasteiger partial charge >= 0.3 is 0 Å². The second-order valence-corrected chi connectivity index (χ2v) is 7.85. The van der Waals surface area contributed by atoms with E-state index in [4.69, 9.17) is 9.15 Å². The largest absolute Gasteiger partial charge is 0.494 e. The van der Waals surface area contributed by atoms with E-state index in [2.05, 4.69) is 67.4 Å². The summed E-state index contributed by atoms with van der Waals surface area (Å²) in [5, 5.41) is 0. The molecule has 0 bridgehead atoms. The van der Waals surface area contributed by atoms with Gasteiger partial charge in [0.1, 0.15) is 11.3 Å². The summed E-state index contributed by atoms with van der Waals surface area (Å²) in [6.07, 6.45) is 6.27. The van der Waals surface area contributed by atoms with E-state index in [1.165, 1.54) is 36.8 Å². The van der Waals surface area contributed by atoms with Gasteiger partial charge in [0, 0.05) is 5.56 Å². The lowest BCUT2D eigenvalue weighted by molar-refractivity contribution is 0.304. The van der Waals surface area contributed by atoms with Gasteiger partial charge in [-0.25, -0.2) is 4.98 Å². The Labute approximate surface area is 178 Å². The molecule has 1 heterocycles. The average Bonchev–Trinajstić information content (AvgIpc) is 3.20. The predicted molar refractivity (Wildman–Crippen MR) is 124 cm³/mol. The van der Waals surface area contributed by atoms with E-state index in [9.17, 15) is 0 Å². The highest BCUT2D eigenvalue weighted by molar-refractivity contribution is 5.77. The Kier molecular flexibility index (Phi) is 6.48.